The van der Waals surface area contributed by atoms with Crippen LogP contribution in [-0.4, -0.2) is 6.61 Å². The minimum Gasteiger partial charge on any atom is -0.494 e. The number of nitrogens with two attached hydrogens (primary N) is 1. The second-order valence-electron chi connectivity index (χ2n) is 3.25. The van der Waals surface area contributed by atoms with Crippen molar-refractivity contribution in [3.63, 3.8) is 0 Å². The first-order valence-electron chi connectivity index (χ1n) is 4.64. The largest absolute Gasteiger partial charge is 0.494 e. The molecule has 2 N–H and O–H groups in total. The Hall–Kier alpha value is -1.02. The van der Waals surface area contributed by atoms with Crippen molar-refractivity contribution in [3.8, 4) is 5.75 Å². The smallest absolute Gasteiger partial charge is 0.122 e. The van der Waals surface area contributed by atoms with Crippen molar-refractivity contribution >= 4 is 0 Å². The Labute approximate surface area is 79.7 Å². The van der Waals surface area contributed by atoms with Crippen LogP contribution in [0.4, 0.5) is 0 Å². The third-order valence-corrected chi connectivity index (χ3v) is 2.04. The fourth-order valence-corrected chi connectivity index (χ4v) is 1.21. The van der Waals surface area contributed by atoms with Crippen LogP contribution in [0.3, 0.4) is 0 Å². The van der Waals surface area contributed by atoms with Gasteiger partial charge in [0.2, 0.25) is 0 Å². The van der Waals surface area contributed by atoms with Gasteiger partial charge in [0, 0.05) is 6.04 Å². The Kier molecular flexibility index (Phi) is 3.32. The summed E-state index contributed by atoms with van der Waals surface area (Å²) in [7, 11) is 0. The zero-order valence-corrected chi connectivity index (χ0v) is 8.50. The maximum atomic E-state index is 5.77. The SMILES string of the molecule is CCOc1cc([C@@H](C)N)ccc1C. The highest BCUT2D eigenvalue weighted by atomic mass is 16.5. The van der Waals surface area contributed by atoms with Crippen LogP contribution in [0.25, 0.3) is 0 Å². The lowest BCUT2D eigenvalue weighted by molar-refractivity contribution is 0.337. The standard InChI is InChI=1S/C11H17NO/c1-4-13-11-7-10(9(3)12)6-5-8(11)2/h5-7,9H,4,12H2,1-3H3/t9-/m1/s1. The van der Waals surface area contributed by atoms with Gasteiger partial charge in [-0.25, -0.2) is 0 Å². The maximum absolute atomic E-state index is 5.77. The number of ether oxygens (including phenoxy) is 1. The van der Waals surface area contributed by atoms with Crippen LogP contribution in [0.5, 0.6) is 5.75 Å². The summed E-state index contributed by atoms with van der Waals surface area (Å²) in [4.78, 5) is 0. The summed E-state index contributed by atoms with van der Waals surface area (Å²) >= 11 is 0. The molecule has 2 heteroatoms. The highest BCUT2D eigenvalue weighted by molar-refractivity contribution is 5.37. The van der Waals surface area contributed by atoms with Gasteiger partial charge >= 0.3 is 0 Å². The first-order valence-corrected chi connectivity index (χ1v) is 4.64. The van der Waals surface area contributed by atoms with Crippen LogP contribution in [0.1, 0.15) is 31.0 Å². The summed E-state index contributed by atoms with van der Waals surface area (Å²) in [5, 5.41) is 0. The van der Waals surface area contributed by atoms with E-state index in [9.17, 15) is 0 Å². The van der Waals surface area contributed by atoms with Crippen LogP contribution in [0.2, 0.25) is 0 Å². The average Bonchev–Trinajstić information content (AvgIpc) is 2.08. The summed E-state index contributed by atoms with van der Waals surface area (Å²) in [6, 6.07) is 6.18. The molecule has 72 valence electrons. The van der Waals surface area contributed by atoms with Crippen LogP contribution in [-0.2, 0) is 0 Å². The Balaban J connectivity index is 2.97. The van der Waals surface area contributed by atoms with Gasteiger partial charge in [0.05, 0.1) is 6.61 Å². The summed E-state index contributed by atoms with van der Waals surface area (Å²) in [5.74, 6) is 0.942. The molecule has 2 nitrogen and oxygen atoms in total. The van der Waals surface area contributed by atoms with Crippen molar-refractivity contribution in [3.05, 3.63) is 29.3 Å². The zero-order chi connectivity index (χ0) is 9.84. The minimum absolute atomic E-state index is 0.0693. The predicted octanol–water partition coefficient (Wildman–Crippen LogP) is 2.41. The number of hydrogen-bond acceptors (Lipinski definition) is 2. The first-order chi connectivity index (χ1) is 6.15. The molecule has 1 atom stereocenters. The molecule has 0 bridgehead atoms. The van der Waals surface area contributed by atoms with E-state index in [-0.39, 0.29) is 6.04 Å². The first kappa shape index (κ1) is 10.1. The normalized spacial score (nSPS) is 12.6. The molecule has 1 aromatic carbocycles. The summed E-state index contributed by atoms with van der Waals surface area (Å²) in [5.41, 5.74) is 8.05. The number of benzene rings is 1. The third-order valence-electron chi connectivity index (χ3n) is 2.04. The van der Waals surface area contributed by atoms with E-state index in [1.165, 1.54) is 0 Å². The zero-order valence-electron chi connectivity index (χ0n) is 8.50. The van der Waals surface area contributed by atoms with Crippen molar-refractivity contribution in [2.24, 2.45) is 5.73 Å². The van der Waals surface area contributed by atoms with Gasteiger partial charge in [-0.05, 0) is 38.0 Å². The van der Waals surface area contributed by atoms with Crippen LogP contribution in [0, 0.1) is 6.92 Å². The van der Waals surface area contributed by atoms with Crippen LogP contribution < -0.4 is 10.5 Å². The van der Waals surface area contributed by atoms with Crippen molar-refractivity contribution in [2.75, 3.05) is 6.61 Å². The second-order valence-corrected chi connectivity index (χ2v) is 3.25. The van der Waals surface area contributed by atoms with Gasteiger partial charge in [-0.1, -0.05) is 12.1 Å². The highest BCUT2D eigenvalue weighted by Crippen LogP contribution is 2.22. The van der Waals surface area contributed by atoms with E-state index < -0.39 is 0 Å². The molecule has 13 heavy (non-hydrogen) atoms. The topological polar surface area (TPSA) is 35.2 Å². The molecule has 0 aromatic heterocycles. The molecule has 1 aromatic rings. The molecule has 0 aliphatic heterocycles. The predicted molar refractivity (Wildman–Crippen MR) is 55.0 cm³/mol. The molecule has 0 fully saturated rings. The lowest BCUT2D eigenvalue weighted by Gasteiger charge is -2.11. The molecule has 0 amide bonds. The van der Waals surface area contributed by atoms with E-state index in [1.54, 1.807) is 0 Å². The molecule has 0 heterocycles. The van der Waals surface area contributed by atoms with Gasteiger partial charge in [-0.2, -0.15) is 0 Å². The molecule has 0 saturated heterocycles. The van der Waals surface area contributed by atoms with Crippen molar-refractivity contribution < 1.29 is 4.74 Å². The molecule has 0 spiro atoms. The van der Waals surface area contributed by atoms with E-state index in [0.29, 0.717) is 6.61 Å². The fourth-order valence-electron chi connectivity index (χ4n) is 1.21. The summed E-state index contributed by atoms with van der Waals surface area (Å²) < 4.78 is 5.47. The quantitative estimate of drug-likeness (QED) is 0.773. The summed E-state index contributed by atoms with van der Waals surface area (Å²) in [6.07, 6.45) is 0. The van der Waals surface area contributed by atoms with Gasteiger partial charge < -0.3 is 10.5 Å². The van der Waals surface area contributed by atoms with Crippen LogP contribution >= 0.6 is 0 Å². The molecule has 0 aliphatic rings. The minimum atomic E-state index is 0.0693. The van der Waals surface area contributed by atoms with Gasteiger partial charge in [0.15, 0.2) is 0 Å². The van der Waals surface area contributed by atoms with E-state index in [1.807, 2.05) is 39.0 Å². The number of hydrogen-bond donors (Lipinski definition) is 1. The Morgan fingerprint density at radius 1 is 1.46 bits per heavy atom. The molecule has 0 radical (unpaired) electrons. The van der Waals surface area contributed by atoms with E-state index in [2.05, 4.69) is 0 Å². The van der Waals surface area contributed by atoms with E-state index in [4.69, 9.17) is 10.5 Å². The molecule has 0 aliphatic carbocycles. The number of aryl methyl sites for hydroxylation is 1. The molecular formula is C11H17NO. The second kappa shape index (κ2) is 4.28. The van der Waals surface area contributed by atoms with Gasteiger partial charge in [-0.3, -0.25) is 0 Å². The molecule has 1 rings (SSSR count). The van der Waals surface area contributed by atoms with E-state index >= 15 is 0 Å². The summed E-state index contributed by atoms with van der Waals surface area (Å²) in [6.45, 7) is 6.69. The lowest BCUT2D eigenvalue weighted by atomic mass is 10.1. The lowest BCUT2D eigenvalue weighted by Crippen LogP contribution is -2.05. The molecular weight excluding hydrogens is 162 g/mol. The van der Waals surface area contributed by atoms with Crippen molar-refractivity contribution in [2.45, 2.75) is 26.8 Å². The van der Waals surface area contributed by atoms with Gasteiger partial charge in [-0.15, -0.1) is 0 Å². The molecule has 0 saturated carbocycles. The van der Waals surface area contributed by atoms with Crippen molar-refractivity contribution in [1.29, 1.82) is 0 Å². The van der Waals surface area contributed by atoms with Gasteiger partial charge in [0.1, 0.15) is 5.75 Å². The number of rotatable bonds is 3. The maximum Gasteiger partial charge on any atom is 0.122 e. The van der Waals surface area contributed by atoms with Crippen LogP contribution in [0.15, 0.2) is 18.2 Å². The van der Waals surface area contributed by atoms with Gasteiger partial charge in [0.25, 0.3) is 0 Å². The Morgan fingerprint density at radius 3 is 2.69 bits per heavy atom. The monoisotopic (exact) mass is 179 g/mol. The Bertz CT molecular complexity index is 281. The fraction of sp³-hybridized carbons (Fsp3) is 0.455. The Morgan fingerprint density at radius 2 is 2.15 bits per heavy atom. The third kappa shape index (κ3) is 2.46. The average molecular weight is 179 g/mol. The van der Waals surface area contributed by atoms with E-state index in [0.717, 1.165) is 16.9 Å². The highest BCUT2D eigenvalue weighted by Gasteiger charge is 2.03. The molecule has 0 unspecified atom stereocenters. The van der Waals surface area contributed by atoms with Crippen molar-refractivity contribution in [1.82, 2.24) is 0 Å².